The van der Waals surface area contributed by atoms with Crippen molar-refractivity contribution in [3.05, 3.63) is 64.3 Å². The highest BCUT2D eigenvalue weighted by molar-refractivity contribution is 6.31. The van der Waals surface area contributed by atoms with Crippen LogP contribution >= 0.6 is 11.6 Å². The summed E-state index contributed by atoms with van der Waals surface area (Å²) in [6.45, 7) is 4.45. The van der Waals surface area contributed by atoms with Gasteiger partial charge < -0.3 is 20.3 Å². The number of hydrogen-bond donors (Lipinski definition) is 3. The molecule has 0 bridgehead atoms. The maximum Gasteiger partial charge on any atom is 0.254 e. The number of aromatic nitrogens is 1. The molecular formula is C27H32ClN3O2. The predicted octanol–water partition coefficient (Wildman–Crippen LogP) is 5.44. The van der Waals surface area contributed by atoms with E-state index in [0.717, 1.165) is 74.3 Å². The van der Waals surface area contributed by atoms with Crippen LogP contribution in [-0.2, 0) is 6.42 Å². The lowest BCUT2D eigenvalue weighted by molar-refractivity contribution is 0.0753. The van der Waals surface area contributed by atoms with Crippen LogP contribution in [0.5, 0.6) is 5.75 Å². The Morgan fingerprint density at radius 1 is 1.21 bits per heavy atom. The van der Waals surface area contributed by atoms with Crippen LogP contribution in [0.25, 0.3) is 10.9 Å². The van der Waals surface area contributed by atoms with Gasteiger partial charge in [0.2, 0.25) is 0 Å². The highest BCUT2D eigenvalue weighted by Crippen LogP contribution is 2.44. The first-order valence-corrected chi connectivity index (χ1v) is 12.4. The van der Waals surface area contributed by atoms with Gasteiger partial charge in [-0.1, -0.05) is 17.7 Å². The molecule has 1 aliphatic heterocycles. The third kappa shape index (κ3) is 4.62. The zero-order valence-electron chi connectivity index (χ0n) is 19.2. The van der Waals surface area contributed by atoms with Gasteiger partial charge in [0.05, 0.1) is 0 Å². The lowest BCUT2D eigenvalue weighted by Gasteiger charge is -2.37. The number of benzene rings is 2. The molecule has 2 aliphatic rings. The maximum absolute atomic E-state index is 13.0. The fraction of sp³-hybridized carbons (Fsp3) is 0.444. The number of halogens is 1. The average Bonchev–Trinajstić information content (AvgIpc) is 3.41. The molecule has 0 unspecified atom stereocenters. The topological polar surface area (TPSA) is 68.4 Å². The van der Waals surface area contributed by atoms with Crippen LogP contribution in [0.1, 0.15) is 53.6 Å². The van der Waals surface area contributed by atoms with Gasteiger partial charge in [-0.25, -0.2) is 0 Å². The summed E-state index contributed by atoms with van der Waals surface area (Å²) in [6.07, 6.45) is 8.80. The van der Waals surface area contributed by atoms with Gasteiger partial charge in [-0.15, -0.1) is 0 Å². The van der Waals surface area contributed by atoms with E-state index in [-0.39, 0.29) is 17.1 Å². The number of likely N-dealkylation sites (tertiary alicyclic amines) is 1. The normalized spacial score (nSPS) is 23.0. The van der Waals surface area contributed by atoms with Crippen molar-refractivity contribution >= 4 is 28.4 Å². The third-order valence-corrected chi connectivity index (χ3v) is 8.02. The zero-order chi connectivity index (χ0) is 23.0. The van der Waals surface area contributed by atoms with E-state index in [2.05, 4.69) is 16.5 Å². The molecule has 3 aromatic rings. The quantitative estimate of drug-likeness (QED) is 0.469. The van der Waals surface area contributed by atoms with Gasteiger partial charge >= 0.3 is 0 Å². The van der Waals surface area contributed by atoms with Crippen molar-refractivity contribution in [2.45, 2.75) is 51.5 Å². The summed E-state index contributed by atoms with van der Waals surface area (Å²) in [6, 6.07) is 11.8. The summed E-state index contributed by atoms with van der Waals surface area (Å²) >= 11 is 6.18. The highest BCUT2D eigenvalue weighted by Gasteiger charge is 2.42. The molecule has 1 amide bonds. The molecule has 1 saturated heterocycles. The Morgan fingerprint density at radius 2 is 2.03 bits per heavy atom. The molecule has 2 fully saturated rings. The number of carbonyl (C=O) groups excluding carboxylic acids is 1. The minimum Gasteiger partial charge on any atom is -0.508 e. The van der Waals surface area contributed by atoms with E-state index in [1.807, 2.05) is 42.2 Å². The summed E-state index contributed by atoms with van der Waals surface area (Å²) < 4.78 is 0. The van der Waals surface area contributed by atoms with Gasteiger partial charge in [0.15, 0.2) is 0 Å². The molecule has 5 rings (SSSR count). The van der Waals surface area contributed by atoms with Crippen molar-refractivity contribution in [1.29, 1.82) is 0 Å². The minimum atomic E-state index is 0.0428. The molecule has 5 nitrogen and oxygen atoms in total. The number of fused-ring (bicyclic) bond motifs is 1. The van der Waals surface area contributed by atoms with Crippen molar-refractivity contribution in [2.75, 3.05) is 19.6 Å². The molecule has 6 heteroatoms. The number of aromatic hydroxyl groups is 1. The van der Waals surface area contributed by atoms with Crippen molar-refractivity contribution < 1.29 is 9.90 Å². The summed E-state index contributed by atoms with van der Waals surface area (Å²) in [5.74, 6) is 0.235. The number of H-pyrrole nitrogens is 1. The van der Waals surface area contributed by atoms with Gasteiger partial charge in [-0.2, -0.15) is 0 Å². The van der Waals surface area contributed by atoms with Crippen LogP contribution in [0, 0.1) is 12.3 Å². The Hall–Kier alpha value is -2.50. The average molecular weight is 466 g/mol. The number of nitrogens with one attached hydrogen (secondary N) is 2. The van der Waals surface area contributed by atoms with Gasteiger partial charge in [-0.05, 0) is 98.9 Å². The second kappa shape index (κ2) is 9.03. The lowest BCUT2D eigenvalue weighted by atomic mass is 9.72. The maximum atomic E-state index is 13.0. The lowest BCUT2D eigenvalue weighted by Crippen LogP contribution is -2.40. The Morgan fingerprint density at radius 3 is 2.82 bits per heavy atom. The van der Waals surface area contributed by atoms with E-state index in [9.17, 15) is 9.90 Å². The van der Waals surface area contributed by atoms with Crippen LogP contribution in [0.4, 0.5) is 0 Å². The number of nitrogens with zero attached hydrogens (tertiary/aromatic N) is 1. The number of aromatic amines is 1. The SMILES string of the molecule is Cc1ccc(C(=O)N2CC[C@]3(CC[C@H](NCCc4c[nH]c5ccc(Cl)cc45)CC3)C2)cc1O. The third-order valence-electron chi connectivity index (χ3n) is 7.78. The fourth-order valence-electron chi connectivity index (χ4n) is 5.64. The molecule has 1 saturated carbocycles. The highest BCUT2D eigenvalue weighted by atomic mass is 35.5. The monoisotopic (exact) mass is 465 g/mol. The fourth-order valence-corrected chi connectivity index (χ4v) is 5.82. The summed E-state index contributed by atoms with van der Waals surface area (Å²) in [7, 11) is 0. The number of amides is 1. The first kappa shape index (κ1) is 22.3. The summed E-state index contributed by atoms with van der Waals surface area (Å²) in [4.78, 5) is 18.3. The molecule has 1 aromatic heterocycles. The van der Waals surface area contributed by atoms with Crippen LogP contribution in [0.3, 0.4) is 0 Å². The van der Waals surface area contributed by atoms with Crippen LogP contribution in [0.2, 0.25) is 5.02 Å². The molecule has 0 atom stereocenters. The Balaban J connectivity index is 1.11. The number of carbonyl (C=O) groups is 1. The van der Waals surface area contributed by atoms with E-state index in [0.29, 0.717) is 11.6 Å². The first-order chi connectivity index (χ1) is 15.9. The van der Waals surface area contributed by atoms with E-state index >= 15 is 0 Å². The minimum absolute atomic E-state index is 0.0428. The van der Waals surface area contributed by atoms with Gasteiger partial charge in [0.25, 0.3) is 5.91 Å². The van der Waals surface area contributed by atoms with E-state index in [1.54, 1.807) is 6.07 Å². The molecule has 174 valence electrons. The van der Waals surface area contributed by atoms with E-state index in [1.165, 1.54) is 10.9 Å². The molecule has 2 aromatic carbocycles. The molecule has 3 N–H and O–H groups in total. The number of rotatable bonds is 5. The second-order valence-corrected chi connectivity index (χ2v) is 10.4. The molecule has 1 aliphatic carbocycles. The Kier molecular flexibility index (Phi) is 6.11. The van der Waals surface area contributed by atoms with Crippen LogP contribution < -0.4 is 5.32 Å². The van der Waals surface area contributed by atoms with Crippen molar-refractivity contribution in [3.63, 3.8) is 0 Å². The first-order valence-electron chi connectivity index (χ1n) is 12.0. The van der Waals surface area contributed by atoms with Gasteiger partial charge in [0.1, 0.15) is 5.75 Å². The number of hydrogen-bond acceptors (Lipinski definition) is 3. The summed E-state index contributed by atoms with van der Waals surface area (Å²) in [5, 5.41) is 15.7. The Labute approximate surface area is 200 Å². The van der Waals surface area contributed by atoms with E-state index < -0.39 is 0 Å². The Bertz CT molecular complexity index is 1160. The van der Waals surface area contributed by atoms with Crippen LogP contribution in [-0.4, -0.2) is 46.6 Å². The number of aryl methyl sites for hydroxylation is 1. The summed E-state index contributed by atoms with van der Waals surface area (Å²) in [5.41, 5.74) is 4.08. The largest absolute Gasteiger partial charge is 0.508 e. The van der Waals surface area contributed by atoms with Crippen LogP contribution in [0.15, 0.2) is 42.6 Å². The number of phenolic OH excluding ortho intramolecular Hbond substituents is 1. The van der Waals surface area contributed by atoms with Crippen molar-refractivity contribution in [3.8, 4) is 5.75 Å². The van der Waals surface area contributed by atoms with Gasteiger partial charge in [0, 0.05) is 46.8 Å². The molecule has 2 heterocycles. The standard InChI is InChI=1S/C27H32ClN3O2/c1-18-2-3-19(14-25(18)32)26(33)31-13-11-27(17-31)9-6-22(7-10-27)29-12-8-20-16-30-24-5-4-21(28)15-23(20)24/h2-5,14-16,22,29-30,32H,6-13,17H2,1H3/t22-,27+. The van der Waals surface area contributed by atoms with Gasteiger partial charge in [-0.3, -0.25) is 4.79 Å². The smallest absolute Gasteiger partial charge is 0.254 e. The number of phenols is 1. The zero-order valence-corrected chi connectivity index (χ0v) is 19.9. The van der Waals surface area contributed by atoms with E-state index in [4.69, 9.17) is 11.6 Å². The molecule has 1 spiro atoms. The van der Waals surface area contributed by atoms with Crippen molar-refractivity contribution in [2.24, 2.45) is 5.41 Å². The van der Waals surface area contributed by atoms with Crippen molar-refractivity contribution in [1.82, 2.24) is 15.2 Å². The molecular weight excluding hydrogens is 434 g/mol. The molecule has 33 heavy (non-hydrogen) atoms. The second-order valence-electron chi connectivity index (χ2n) is 9.96. The molecule has 0 radical (unpaired) electrons. The predicted molar refractivity (Wildman–Crippen MR) is 133 cm³/mol.